The topological polar surface area (TPSA) is 51.8 Å². The first-order valence-corrected chi connectivity index (χ1v) is 9.34. The van der Waals surface area contributed by atoms with Crippen molar-refractivity contribution in [2.75, 3.05) is 11.5 Å². The summed E-state index contributed by atoms with van der Waals surface area (Å²) in [5, 5.41) is 9.79. The van der Waals surface area contributed by atoms with E-state index in [2.05, 4.69) is 56.6 Å². The molecule has 0 aliphatic carbocycles. The van der Waals surface area contributed by atoms with Gasteiger partial charge in [0.1, 0.15) is 5.01 Å². The van der Waals surface area contributed by atoms with Crippen LogP contribution in [0.15, 0.2) is 0 Å². The summed E-state index contributed by atoms with van der Waals surface area (Å²) >= 11 is 3.60. The summed E-state index contributed by atoms with van der Waals surface area (Å²) in [4.78, 5) is 0. The van der Waals surface area contributed by atoms with E-state index in [-0.39, 0.29) is 0 Å². The first kappa shape index (κ1) is 17.8. The van der Waals surface area contributed by atoms with E-state index in [9.17, 15) is 0 Å². The van der Waals surface area contributed by atoms with Crippen LogP contribution in [-0.4, -0.2) is 20.7 Å². The van der Waals surface area contributed by atoms with Crippen molar-refractivity contribution in [3.63, 3.8) is 0 Å². The highest BCUT2D eigenvalue weighted by Gasteiger charge is 2.20. The normalized spacial score (nSPS) is 15.2. The average Bonchev–Trinajstić information content (AvgIpc) is 2.72. The van der Waals surface area contributed by atoms with E-state index < -0.39 is 0 Å². The van der Waals surface area contributed by atoms with Crippen LogP contribution in [0.5, 0.6) is 0 Å². The molecule has 5 heteroatoms. The number of rotatable bonds is 8. The van der Waals surface area contributed by atoms with Crippen LogP contribution in [0.1, 0.15) is 58.9 Å². The zero-order valence-corrected chi connectivity index (χ0v) is 15.1. The number of anilines is 1. The minimum atomic E-state index is 0.369. The van der Waals surface area contributed by atoms with Gasteiger partial charge >= 0.3 is 0 Å². The van der Waals surface area contributed by atoms with Crippen molar-refractivity contribution in [1.82, 2.24) is 10.2 Å². The quantitative estimate of drug-likeness (QED) is 0.759. The van der Waals surface area contributed by atoms with Crippen LogP contribution in [0.25, 0.3) is 0 Å². The summed E-state index contributed by atoms with van der Waals surface area (Å²) < 4.78 is 0.369. The maximum Gasteiger partial charge on any atom is 0.203 e. The summed E-state index contributed by atoms with van der Waals surface area (Å²) in [7, 11) is 0. The summed E-state index contributed by atoms with van der Waals surface area (Å²) in [5.74, 6) is 2.67. The van der Waals surface area contributed by atoms with E-state index in [1.165, 1.54) is 36.4 Å². The lowest BCUT2D eigenvalue weighted by molar-refractivity contribution is 0.323. The Bertz CT molecular complexity index is 385. The summed E-state index contributed by atoms with van der Waals surface area (Å²) in [6, 6.07) is 0. The van der Waals surface area contributed by atoms with Gasteiger partial charge in [-0.25, -0.2) is 0 Å². The van der Waals surface area contributed by atoms with E-state index in [1.807, 2.05) is 0 Å². The zero-order valence-electron chi connectivity index (χ0n) is 13.5. The molecule has 0 saturated carbocycles. The van der Waals surface area contributed by atoms with Crippen molar-refractivity contribution >= 4 is 28.2 Å². The second-order valence-corrected chi connectivity index (χ2v) is 9.53. The molecule has 3 nitrogen and oxygen atoms in total. The van der Waals surface area contributed by atoms with Crippen molar-refractivity contribution in [3.05, 3.63) is 5.01 Å². The fourth-order valence-corrected chi connectivity index (χ4v) is 4.12. The SMILES string of the molecule is CCCC(Cc1nnc(N)s1)C(C)CCSC(C)(C)C. The molecule has 1 heterocycles. The van der Waals surface area contributed by atoms with Crippen LogP contribution in [0.4, 0.5) is 5.13 Å². The van der Waals surface area contributed by atoms with E-state index in [0.717, 1.165) is 17.3 Å². The Labute approximate surface area is 132 Å². The van der Waals surface area contributed by atoms with Crippen molar-refractivity contribution in [2.24, 2.45) is 11.8 Å². The second-order valence-electron chi connectivity index (χ2n) is 6.51. The molecule has 0 radical (unpaired) electrons. The Balaban J connectivity index is 2.47. The highest BCUT2D eigenvalue weighted by Crippen LogP contribution is 2.30. The standard InChI is InChI=1S/C15H29N3S2/c1-6-7-12(10-13-17-18-14(16)20-13)11(2)8-9-19-15(3,4)5/h11-12H,6-10H2,1-5H3,(H2,16,18). The van der Waals surface area contributed by atoms with Crippen LogP contribution < -0.4 is 5.73 Å². The lowest BCUT2D eigenvalue weighted by Gasteiger charge is -2.24. The molecule has 1 aromatic heterocycles. The molecule has 0 aliphatic rings. The second kappa shape index (κ2) is 8.23. The Morgan fingerprint density at radius 1 is 1.25 bits per heavy atom. The molecule has 0 amide bonds. The fourth-order valence-electron chi connectivity index (χ4n) is 2.32. The summed E-state index contributed by atoms with van der Waals surface area (Å²) in [6.07, 6.45) is 4.81. The third-order valence-electron chi connectivity index (χ3n) is 3.49. The molecule has 2 unspecified atom stereocenters. The Morgan fingerprint density at radius 2 is 1.95 bits per heavy atom. The van der Waals surface area contributed by atoms with E-state index in [4.69, 9.17) is 5.73 Å². The number of thioether (sulfide) groups is 1. The van der Waals surface area contributed by atoms with Crippen LogP contribution >= 0.6 is 23.1 Å². The van der Waals surface area contributed by atoms with E-state index in [0.29, 0.717) is 15.8 Å². The van der Waals surface area contributed by atoms with Gasteiger partial charge in [0.15, 0.2) is 0 Å². The molecule has 0 saturated heterocycles. The first-order valence-electron chi connectivity index (χ1n) is 7.53. The molecule has 0 bridgehead atoms. The highest BCUT2D eigenvalue weighted by atomic mass is 32.2. The lowest BCUT2D eigenvalue weighted by Crippen LogP contribution is -2.17. The predicted octanol–water partition coefficient (Wildman–Crippen LogP) is 4.64. The molecule has 20 heavy (non-hydrogen) atoms. The number of hydrogen-bond acceptors (Lipinski definition) is 5. The smallest absolute Gasteiger partial charge is 0.203 e. The molecular formula is C15H29N3S2. The fraction of sp³-hybridized carbons (Fsp3) is 0.867. The summed E-state index contributed by atoms with van der Waals surface area (Å²) in [5.41, 5.74) is 5.67. The molecule has 0 aliphatic heterocycles. The monoisotopic (exact) mass is 315 g/mol. The van der Waals surface area contributed by atoms with Crippen LogP contribution in [0.3, 0.4) is 0 Å². The van der Waals surface area contributed by atoms with Crippen LogP contribution in [-0.2, 0) is 6.42 Å². The average molecular weight is 316 g/mol. The molecule has 1 aromatic rings. The molecule has 116 valence electrons. The minimum absolute atomic E-state index is 0.369. The van der Waals surface area contributed by atoms with Gasteiger partial charge in [-0.15, -0.1) is 10.2 Å². The number of nitrogen functional groups attached to an aromatic ring is 1. The Morgan fingerprint density at radius 3 is 2.45 bits per heavy atom. The van der Waals surface area contributed by atoms with Gasteiger partial charge in [-0.05, 0) is 24.0 Å². The maximum atomic E-state index is 5.67. The lowest BCUT2D eigenvalue weighted by atomic mass is 9.86. The van der Waals surface area contributed by atoms with Crippen molar-refractivity contribution < 1.29 is 0 Å². The Hall–Kier alpha value is -0.290. The van der Waals surface area contributed by atoms with Gasteiger partial charge in [0, 0.05) is 11.2 Å². The molecule has 2 N–H and O–H groups in total. The number of hydrogen-bond donors (Lipinski definition) is 1. The predicted molar refractivity (Wildman–Crippen MR) is 92.4 cm³/mol. The molecule has 0 aromatic carbocycles. The van der Waals surface area contributed by atoms with Gasteiger partial charge in [-0.2, -0.15) is 11.8 Å². The summed E-state index contributed by atoms with van der Waals surface area (Å²) in [6.45, 7) is 11.5. The van der Waals surface area contributed by atoms with Gasteiger partial charge in [0.2, 0.25) is 5.13 Å². The third-order valence-corrected chi connectivity index (χ3v) is 5.57. The third kappa shape index (κ3) is 6.93. The van der Waals surface area contributed by atoms with E-state index in [1.54, 1.807) is 0 Å². The van der Waals surface area contributed by atoms with Crippen molar-refractivity contribution in [3.8, 4) is 0 Å². The van der Waals surface area contributed by atoms with Gasteiger partial charge in [0.25, 0.3) is 0 Å². The number of nitrogens with zero attached hydrogens (tertiary/aromatic N) is 2. The van der Waals surface area contributed by atoms with Crippen molar-refractivity contribution in [1.29, 1.82) is 0 Å². The van der Waals surface area contributed by atoms with Gasteiger partial charge in [0.05, 0.1) is 0 Å². The number of nitrogens with two attached hydrogens (primary N) is 1. The zero-order chi connectivity index (χ0) is 15.2. The molecule has 0 spiro atoms. The van der Waals surface area contributed by atoms with Gasteiger partial charge in [-0.1, -0.05) is 58.8 Å². The highest BCUT2D eigenvalue weighted by molar-refractivity contribution is 8.00. The van der Waals surface area contributed by atoms with E-state index >= 15 is 0 Å². The van der Waals surface area contributed by atoms with Crippen molar-refractivity contribution in [2.45, 2.75) is 65.0 Å². The first-order chi connectivity index (χ1) is 9.31. The molecule has 0 fully saturated rings. The minimum Gasteiger partial charge on any atom is -0.374 e. The van der Waals surface area contributed by atoms with Crippen LogP contribution in [0.2, 0.25) is 0 Å². The van der Waals surface area contributed by atoms with Crippen LogP contribution in [0, 0.1) is 11.8 Å². The largest absolute Gasteiger partial charge is 0.374 e. The van der Waals surface area contributed by atoms with Gasteiger partial charge < -0.3 is 5.73 Å². The Kier molecular flexibility index (Phi) is 7.30. The molecule has 2 atom stereocenters. The molecular weight excluding hydrogens is 286 g/mol. The molecule has 1 rings (SSSR count). The number of aromatic nitrogens is 2. The van der Waals surface area contributed by atoms with Gasteiger partial charge in [-0.3, -0.25) is 0 Å². The maximum absolute atomic E-state index is 5.67.